The molecule has 13 nitrogen and oxygen atoms in total. The number of amides is 2. The van der Waals surface area contributed by atoms with Crippen molar-refractivity contribution >= 4 is 41.8 Å². The van der Waals surface area contributed by atoms with Crippen molar-refractivity contribution in [3.05, 3.63) is 70.5 Å². The zero-order chi connectivity index (χ0) is 36.9. The summed E-state index contributed by atoms with van der Waals surface area (Å²) in [6, 6.07) is 11.3. The summed E-state index contributed by atoms with van der Waals surface area (Å²) in [5, 5.41) is 15.7. The van der Waals surface area contributed by atoms with Crippen molar-refractivity contribution < 1.29 is 38.3 Å². The molecule has 3 aromatic rings. The number of carboxylic acid groups (broad SMARTS) is 1. The van der Waals surface area contributed by atoms with E-state index in [1.54, 1.807) is 12.1 Å². The number of benzene rings is 2. The van der Waals surface area contributed by atoms with Gasteiger partial charge in [0.05, 0.1) is 24.8 Å². The molecule has 2 bridgehead atoms. The highest BCUT2D eigenvalue weighted by Crippen LogP contribution is 2.65. The number of methoxy groups -OCH3 is 1. The van der Waals surface area contributed by atoms with Gasteiger partial charge < -0.3 is 34.9 Å². The standard InChI is InChI=1S/C36H46BN5O8S/c1-34(2,3)23-14-13-21(31(44)45)28(47-7)22(23)17-26(37-49-25-16-20-15-24(35(20,4)5)36(25,6)50-37)39-30(43)27(38)29-40-32(51-42-29)41-33(46)48-18-19-11-9-8-10-12-19/h8-14,20,24-27H,15-18,38H2,1-7H3,(H,39,43)(H,44,45)(H,40,41,42,46)/t20-,24-,25+,26?,27?,36-/m0/s1. The first-order valence-electron chi connectivity index (χ1n) is 17.2. The number of anilines is 1. The fourth-order valence-electron chi connectivity index (χ4n) is 8.09. The van der Waals surface area contributed by atoms with Crippen molar-refractivity contribution in [3.63, 3.8) is 0 Å². The summed E-state index contributed by atoms with van der Waals surface area (Å²) in [6.45, 7) is 12.8. The minimum absolute atomic E-state index is 0.00640. The highest BCUT2D eigenvalue weighted by atomic mass is 32.1. The van der Waals surface area contributed by atoms with Crippen molar-refractivity contribution in [1.29, 1.82) is 0 Å². The normalized spacial score (nSPS) is 24.5. The highest BCUT2D eigenvalue weighted by molar-refractivity contribution is 7.09. The maximum Gasteiger partial charge on any atom is 0.482 e. The molecule has 2 aromatic carbocycles. The van der Waals surface area contributed by atoms with Gasteiger partial charge in [-0.1, -0.05) is 71.0 Å². The molecule has 3 aliphatic carbocycles. The van der Waals surface area contributed by atoms with Crippen LogP contribution in [0.4, 0.5) is 9.93 Å². The number of hydrogen-bond donors (Lipinski definition) is 4. The number of nitrogens with two attached hydrogens (primary N) is 1. The number of nitrogens with one attached hydrogen (secondary N) is 2. The van der Waals surface area contributed by atoms with Gasteiger partial charge in [-0.25, -0.2) is 14.6 Å². The summed E-state index contributed by atoms with van der Waals surface area (Å²) < 4.78 is 28.7. The van der Waals surface area contributed by atoms with Crippen LogP contribution in [-0.2, 0) is 37.3 Å². The molecule has 3 saturated carbocycles. The van der Waals surface area contributed by atoms with Gasteiger partial charge in [0.1, 0.15) is 24.0 Å². The summed E-state index contributed by atoms with van der Waals surface area (Å²) >= 11 is 0.869. The molecule has 15 heteroatoms. The summed E-state index contributed by atoms with van der Waals surface area (Å²) in [6.07, 6.45) is 1.13. The van der Waals surface area contributed by atoms with Gasteiger partial charge in [0.25, 0.3) is 0 Å². The molecule has 51 heavy (non-hydrogen) atoms. The van der Waals surface area contributed by atoms with E-state index in [1.807, 2.05) is 51.1 Å². The Kier molecular flexibility index (Phi) is 9.96. The summed E-state index contributed by atoms with van der Waals surface area (Å²) in [5.41, 5.74) is 7.86. The van der Waals surface area contributed by atoms with Crippen LogP contribution >= 0.6 is 11.5 Å². The molecule has 272 valence electrons. The van der Waals surface area contributed by atoms with Crippen LogP contribution in [0.3, 0.4) is 0 Å². The number of aromatic nitrogens is 2. The fourth-order valence-corrected chi connectivity index (χ4v) is 8.69. The van der Waals surface area contributed by atoms with Crippen molar-refractivity contribution in [2.45, 2.75) is 96.5 Å². The number of carbonyl (C=O) groups is 3. The first-order chi connectivity index (χ1) is 24.0. The van der Waals surface area contributed by atoms with E-state index in [-0.39, 0.29) is 52.7 Å². The first kappa shape index (κ1) is 36.7. The van der Waals surface area contributed by atoms with Crippen molar-refractivity contribution in [1.82, 2.24) is 14.7 Å². The van der Waals surface area contributed by atoms with Gasteiger partial charge in [-0.2, -0.15) is 4.37 Å². The molecule has 1 aromatic heterocycles. The maximum absolute atomic E-state index is 13.9. The Morgan fingerprint density at radius 1 is 1.14 bits per heavy atom. The number of nitrogens with zero attached hydrogens (tertiary/aromatic N) is 2. The number of carbonyl (C=O) groups excluding carboxylic acids is 2. The smallest absolute Gasteiger partial charge is 0.482 e. The Hall–Kier alpha value is -4.05. The van der Waals surface area contributed by atoms with E-state index >= 15 is 0 Å². The summed E-state index contributed by atoms with van der Waals surface area (Å²) in [7, 11) is 0.573. The topological polar surface area (TPSA) is 184 Å². The van der Waals surface area contributed by atoms with Crippen LogP contribution in [0, 0.1) is 17.3 Å². The minimum Gasteiger partial charge on any atom is -0.496 e. The average Bonchev–Trinajstić information content (AvgIpc) is 3.69. The third-order valence-electron chi connectivity index (χ3n) is 11.0. The Labute approximate surface area is 302 Å². The lowest BCUT2D eigenvalue weighted by Gasteiger charge is -2.64. The predicted octanol–water partition coefficient (Wildman–Crippen LogP) is 5.29. The van der Waals surface area contributed by atoms with E-state index in [0.29, 0.717) is 11.5 Å². The number of hydrogen-bond acceptors (Lipinski definition) is 11. The molecule has 0 radical (unpaired) electrons. The molecule has 4 aliphatic rings. The van der Waals surface area contributed by atoms with Crippen LogP contribution in [0.5, 0.6) is 5.75 Å². The zero-order valence-corrected chi connectivity index (χ0v) is 30.8. The third kappa shape index (κ3) is 7.08. The number of rotatable bonds is 11. The lowest BCUT2D eigenvalue weighted by Crippen LogP contribution is -2.65. The molecule has 1 aliphatic heterocycles. The predicted molar refractivity (Wildman–Crippen MR) is 191 cm³/mol. The molecule has 0 spiro atoms. The SMILES string of the molecule is COc1c(C(=O)O)ccc(C(C)(C)C)c1CC(NC(=O)C(N)c1nsc(NC(=O)OCc2ccccc2)n1)B1O[C@@H]2C[C@@H]3C[C@@H](C3(C)C)[C@]2(C)O1. The van der Waals surface area contributed by atoms with E-state index in [2.05, 4.69) is 40.8 Å². The van der Waals surface area contributed by atoms with E-state index in [1.165, 1.54) is 7.11 Å². The molecule has 1 saturated heterocycles. The number of ether oxygens (including phenoxy) is 2. The Bertz CT molecular complexity index is 1800. The first-order valence-corrected chi connectivity index (χ1v) is 17.9. The summed E-state index contributed by atoms with van der Waals surface area (Å²) in [4.78, 5) is 42.9. The third-order valence-corrected chi connectivity index (χ3v) is 11.6. The second-order valence-electron chi connectivity index (χ2n) is 15.5. The van der Waals surface area contributed by atoms with Crippen molar-refractivity contribution in [2.75, 3.05) is 12.4 Å². The van der Waals surface area contributed by atoms with Gasteiger partial charge >= 0.3 is 19.2 Å². The molecular weight excluding hydrogens is 673 g/mol. The minimum atomic E-state index is -1.31. The highest BCUT2D eigenvalue weighted by Gasteiger charge is 2.68. The van der Waals surface area contributed by atoms with Crippen LogP contribution < -0.4 is 21.1 Å². The molecule has 2 amide bonds. The molecular formula is C36H46BN5O8S. The van der Waals surface area contributed by atoms with E-state index in [9.17, 15) is 19.5 Å². The second-order valence-corrected chi connectivity index (χ2v) is 16.3. The summed E-state index contributed by atoms with van der Waals surface area (Å²) in [5.74, 6) is -1.53. The van der Waals surface area contributed by atoms with Gasteiger partial charge in [0, 0.05) is 17.1 Å². The van der Waals surface area contributed by atoms with Gasteiger partial charge in [-0.05, 0) is 66.0 Å². The van der Waals surface area contributed by atoms with Crippen LogP contribution in [-0.4, -0.2) is 64.3 Å². The van der Waals surface area contributed by atoms with E-state index in [4.69, 9.17) is 24.5 Å². The van der Waals surface area contributed by atoms with Gasteiger partial charge in [-0.15, -0.1) is 0 Å². The molecule has 6 atom stereocenters. The number of carboxylic acids is 1. The molecule has 2 unspecified atom stereocenters. The fraction of sp³-hybridized carbons (Fsp3) is 0.528. The van der Waals surface area contributed by atoms with Crippen LogP contribution in [0.25, 0.3) is 0 Å². The van der Waals surface area contributed by atoms with Crippen molar-refractivity contribution in [2.24, 2.45) is 23.0 Å². The Morgan fingerprint density at radius 2 is 1.86 bits per heavy atom. The monoisotopic (exact) mass is 719 g/mol. The number of aromatic carboxylic acids is 1. The van der Waals surface area contributed by atoms with Gasteiger partial charge in [0.2, 0.25) is 11.0 Å². The zero-order valence-electron chi connectivity index (χ0n) is 30.0. The average molecular weight is 720 g/mol. The Morgan fingerprint density at radius 3 is 2.51 bits per heavy atom. The van der Waals surface area contributed by atoms with Crippen LogP contribution in [0.2, 0.25) is 0 Å². The maximum atomic E-state index is 13.9. The lowest BCUT2D eigenvalue weighted by molar-refractivity contribution is -0.199. The van der Waals surface area contributed by atoms with E-state index in [0.717, 1.165) is 35.5 Å². The Balaban J connectivity index is 1.25. The van der Waals surface area contributed by atoms with Crippen LogP contribution in [0.15, 0.2) is 42.5 Å². The second kappa shape index (κ2) is 13.8. The van der Waals surface area contributed by atoms with Crippen molar-refractivity contribution in [3.8, 4) is 5.75 Å². The van der Waals surface area contributed by atoms with Gasteiger partial charge in [-0.3, -0.25) is 10.1 Å². The molecule has 4 fully saturated rings. The lowest BCUT2D eigenvalue weighted by atomic mass is 9.43. The van der Waals surface area contributed by atoms with Crippen LogP contribution in [0.1, 0.15) is 93.3 Å². The van der Waals surface area contributed by atoms with E-state index < -0.39 is 48.1 Å². The molecule has 5 N–H and O–H groups in total. The molecule has 2 heterocycles. The van der Waals surface area contributed by atoms with Gasteiger partial charge in [0.15, 0.2) is 5.82 Å². The largest absolute Gasteiger partial charge is 0.496 e. The quantitative estimate of drug-likeness (QED) is 0.189. The molecule has 7 rings (SSSR count).